The van der Waals surface area contributed by atoms with Gasteiger partial charge < -0.3 is 29.0 Å². The van der Waals surface area contributed by atoms with Crippen LogP contribution in [0.3, 0.4) is 0 Å². The lowest BCUT2D eigenvalue weighted by molar-refractivity contribution is -0.140. The molecule has 2 aromatic rings. The SMILES string of the molecule is COCCN1C(=O)C(=O)/C(=C(\O)c2ccc(OC)c(OC)c2)C1c1cccc(OC)c1. The van der Waals surface area contributed by atoms with Crippen molar-refractivity contribution in [3.63, 3.8) is 0 Å². The number of Topliss-reactive ketones (excluding diaryl/α,β-unsaturated/α-hetero) is 1. The summed E-state index contributed by atoms with van der Waals surface area (Å²) in [6, 6.07) is 11.0. The second kappa shape index (κ2) is 9.53. The van der Waals surface area contributed by atoms with Crippen molar-refractivity contribution in [3.05, 3.63) is 59.2 Å². The highest BCUT2D eigenvalue weighted by molar-refractivity contribution is 6.46. The van der Waals surface area contributed by atoms with E-state index in [2.05, 4.69) is 0 Å². The number of rotatable bonds is 8. The van der Waals surface area contributed by atoms with E-state index in [4.69, 9.17) is 18.9 Å². The average Bonchev–Trinajstić information content (AvgIpc) is 3.06. The molecule has 0 aromatic heterocycles. The lowest BCUT2D eigenvalue weighted by atomic mass is 9.95. The van der Waals surface area contributed by atoms with E-state index in [1.54, 1.807) is 42.5 Å². The monoisotopic (exact) mass is 427 g/mol. The number of carbonyl (C=O) groups excluding carboxylic acids is 2. The summed E-state index contributed by atoms with van der Waals surface area (Å²) in [7, 11) is 6.02. The molecule has 1 fully saturated rings. The number of amides is 1. The largest absolute Gasteiger partial charge is 0.507 e. The first kappa shape index (κ1) is 22.2. The highest BCUT2D eigenvalue weighted by Gasteiger charge is 2.46. The van der Waals surface area contributed by atoms with Crippen LogP contribution >= 0.6 is 0 Å². The van der Waals surface area contributed by atoms with Crippen LogP contribution in [0.5, 0.6) is 17.2 Å². The van der Waals surface area contributed by atoms with Gasteiger partial charge in [-0.3, -0.25) is 9.59 Å². The van der Waals surface area contributed by atoms with Gasteiger partial charge in [0.05, 0.1) is 39.6 Å². The van der Waals surface area contributed by atoms with Gasteiger partial charge in [-0.05, 0) is 35.9 Å². The summed E-state index contributed by atoms with van der Waals surface area (Å²) in [6.45, 7) is 0.426. The van der Waals surface area contributed by atoms with Crippen LogP contribution in [0.1, 0.15) is 17.2 Å². The maximum absolute atomic E-state index is 13.0. The van der Waals surface area contributed by atoms with E-state index < -0.39 is 17.7 Å². The molecule has 8 heteroatoms. The van der Waals surface area contributed by atoms with Crippen LogP contribution in [0.15, 0.2) is 48.0 Å². The van der Waals surface area contributed by atoms with Gasteiger partial charge in [0.25, 0.3) is 11.7 Å². The second-order valence-corrected chi connectivity index (χ2v) is 6.83. The van der Waals surface area contributed by atoms with E-state index in [1.165, 1.54) is 33.3 Å². The molecule has 1 heterocycles. The van der Waals surface area contributed by atoms with Crippen LogP contribution in [0, 0.1) is 0 Å². The molecule has 1 unspecified atom stereocenters. The van der Waals surface area contributed by atoms with E-state index in [0.717, 1.165) is 0 Å². The van der Waals surface area contributed by atoms with E-state index in [9.17, 15) is 14.7 Å². The zero-order chi connectivity index (χ0) is 22.5. The molecule has 0 radical (unpaired) electrons. The fraction of sp³-hybridized carbons (Fsp3) is 0.304. The van der Waals surface area contributed by atoms with Gasteiger partial charge in [0, 0.05) is 19.2 Å². The van der Waals surface area contributed by atoms with Gasteiger partial charge in [-0.15, -0.1) is 0 Å². The number of nitrogens with zero attached hydrogens (tertiary/aromatic N) is 1. The lowest BCUT2D eigenvalue weighted by Crippen LogP contribution is -2.32. The molecule has 3 rings (SSSR count). The summed E-state index contributed by atoms with van der Waals surface area (Å²) in [5.41, 5.74) is 0.952. The minimum absolute atomic E-state index is 0.0124. The standard InChI is InChI=1S/C23H25NO7/c1-28-11-10-24-20(14-6-5-7-16(12-14)29-2)19(22(26)23(24)27)21(25)15-8-9-17(30-3)18(13-15)31-4/h5-9,12-13,20,25H,10-11H2,1-4H3/b21-19-. The van der Waals surface area contributed by atoms with Crippen molar-refractivity contribution in [3.8, 4) is 17.2 Å². The van der Waals surface area contributed by atoms with Gasteiger partial charge >= 0.3 is 0 Å². The summed E-state index contributed by atoms with van der Waals surface area (Å²) in [6.07, 6.45) is 0. The molecule has 0 spiro atoms. The summed E-state index contributed by atoms with van der Waals surface area (Å²) in [5.74, 6) is -0.335. The fourth-order valence-corrected chi connectivity index (χ4v) is 3.60. The highest BCUT2D eigenvalue weighted by Crippen LogP contribution is 2.41. The summed E-state index contributed by atoms with van der Waals surface area (Å²) >= 11 is 0. The topological polar surface area (TPSA) is 94.5 Å². The average molecular weight is 427 g/mol. The van der Waals surface area contributed by atoms with E-state index >= 15 is 0 Å². The predicted molar refractivity (Wildman–Crippen MR) is 113 cm³/mol. The minimum atomic E-state index is -0.793. The Balaban J connectivity index is 2.18. The molecule has 1 saturated heterocycles. The Labute approximate surface area is 180 Å². The number of ketones is 1. The number of aliphatic hydroxyl groups excluding tert-OH is 1. The highest BCUT2D eigenvalue weighted by atomic mass is 16.5. The zero-order valence-corrected chi connectivity index (χ0v) is 17.9. The lowest BCUT2D eigenvalue weighted by Gasteiger charge is -2.25. The number of likely N-dealkylation sites (tertiary alicyclic amines) is 1. The number of benzene rings is 2. The number of methoxy groups -OCH3 is 4. The molecule has 8 nitrogen and oxygen atoms in total. The molecule has 1 aliphatic heterocycles. The van der Waals surface area contributed by atoms with Crippen molar-refractivity contribution in [1.82, 2.24) is 4.90 Å². The third kappa shape index (κ3) is 4.20. The van der Waals surface area contributed by atoms with Crippen molar-refractivity contribution < 1.29 is 33.6 Å². The molecule has 164 valence electrons. The van der Waals surface area contributed by atoms with Gasteiger partial charge in [-0.1, -0.05) is 12.1 Å². The first-order valence-electron chi connectivity index (χ1n) is 9.60. The molecule has 31 heavy (non-hydrogen) atoms. The number of ether oxygens (including phenoxy) is 4. The van der Waals surface area contributed by atoms with Crippen LogP contribution in [0.4, 0.5) is 0 Å². The molecule has 2 aromatic carbocycles. The van der Waals surface area contributed by atoms with E-state index in [-0.39, 0.29) is 24.5 Å². The van der Waals surface area contributed by atoms with Gasteiger partial charge in [0.15, 0.2) is 11.5 Å². The number of aliphatic hydroxyl groups is 1. The van der Waals surface area contributed by atoms with Crippen molar-refractivity contribution in [2.75, 3.05) is 41.6 Å². The van der Waals surface area contributed by atoms with E-state index in [0.29, 0.717) is 28.4 Å². The Morgan fingerprint density at radius 1 is 0.968 bits per heavy atom. The van der Waals surface area contributed by atoms with Gasteiger partial charge in [0.2, 0.25) is 0 Å². The van der Waals surface area contributed by atoms with Crippen LogP contribution in [0.2, 0.25) is 0 Å². The molecule has 1 amide bonds. The maximum Gasteiger partial charge on any atom is 0.295 e. The summed E-state index contributed by atoms with van der Waals surface area (Å²) in [5, 5.41) is 11.1. The van der Waals surface area contributed by atoms with Gasteiger partial charge in [-0.25, -0.2) is 0 Å². The quantitative estimate of drug-likeness (QED) is 0.393. The molecule has 1 N–H and O–H groups in total. The van der Waals surface area contributed by atoms with Gasteiger partial charge in [0.1, 0.15) is 11.5 Å². The molecule has 0 saturated carbocycles. The van der Waals surface area contributed by atoms with Crippen LogP contribution in [-0.4, -0.2) is 63.3 Å². The third-order valence-electron chi connectivity index (χ3n) is 5.14. The molecule has 0 aliphatic carbocycles. The molecule has 1 aliphatic rings. The zero-order valence-electron chi connectivity index (χ0n) is 17.9. The van der Waals surface area contributed by atoms with Crippen molar-refractivity contribution >= 4 is 17.4 Å². The first-order chi connectivity index (χ1) is 15.0. The predicted octanol–water partition coefficient (Wildman–Crippen LogP) is 2.78. The first-order valence-corrected chi connectivity index (χ1v) is 9.60. The Morgan fingerprint density at radius 3 is 2.35 bits per heavy atom. The normalized spacial score (nSPS) is 17.7. The van der Waals surface area contributed by atoms with Crippen molar-refractivity contribution in [2.45, 2.75) is 6.04 Å². The molecular formula is C23H25NO7. The molecular weight excluding hydrogens is 402 g/mol. The third-order valence-corrected chi connectivity index (χ3v) is 5.14. The van der Waals surface area contributed by atoms with E-state index in [1.807, 2.05) is 0 Å². The van der Waals surface area contributed by atoms with Crippen LogP contribution in [0.25, 0.3) is 5.76 Å². The molecule has 1 atom stereocenters. The van der Waals surface area contributed by atoms with Crippen LogP contribution < -0.4 is 14.2 Å². The van der Waals surface area contributed by atoms with Crippen molar-refractivity contribution in [2.24, 2.45) is 0 Å². The van der Waals surface area contributed by atoms with Crippen molar-refractivity contribution in [1.29, 1.82) is 0 Å². The Morgan fingerprint density at radius 2 is 1.71 bits per heavy atom. The number of hydrogen-bond acceptors (Lipinski definition) is 7. The fourth-order valence-electron chi connectivity index (χ4n) is 3.60. The maximum atomic E-state index is 13.0. The van der Waals surface area contributed by atoms with Gasteiger partial charge in [-0.2, -0.15) is 0 Å². The smallest absolute Gasteiger partial charge is 0.295 e. The Kier molecular flexibility index (Phi) is 6.81. The Bertz CT molecular complexity index is 1010. The number of hydrogen-bond donors (Lipinski definition) is 1. The molecule has 0 bridgehead atoms. The Hall–Kier alpha value is -3.52. The second-order valence-electron chi connectivity index (χ2n) is 6.83. The number of carbonyl (C=O) groups is 2. The minimum Gasteiger partial charge on any atom is -0.507 e. The summed E-state index contributed by atoms with van der Waals surface area (Å²) in [4.78, 5) is 27.2. The summed E-state index contributed by atoms with van der Waals surface area (Å²) < 4.78 is 20.9. The van der Waals surface area contributed by atoms with Crippen LogP contribution in [-0.2, 0) is 14.3 Å².